The Balaban J connectivity index is 1.94. The van der Waals surface area contributed by atoms with E-state index in [1.165, 1.54) is 4.68 Å². The number of rotatable bonds is 3. The van der Waals surface area contributed by atoms with Crippen LogP contribution in [-0.4, -0.2) is 25.5 Å². The highest BCUT2D eigenvalue weighted by Gasteiger charge is 2.05. The van der Waals surface area contributed by atoms with Crippen LogP contribution in [0.1, 0.15) is 0 Å². The second kappa shape index (κ2) is 4.05. The lowest BCUT2D eigenvalue weighted by Crippen LogP contribution is -2.18. The van der Waals surface area contributed by atoms with Gasteiger partial charge in [-0.2, -0.15) is 10.2 Å². The van der Waals surface area contributed by atoms with Crippen LogP contribution in [0.5, 0.6) is 0 Å². The summed E-state index contributed by atoms with van der Waals surface area (Å²) in [6, 6.07) is 1.64. The molecule has 0 radical (unpaired) electrons. The van der Waals surface area contributed by atoms with Crippen LogP contribution in [0, 0.1) is 0 Å². The first kappa shape index (κ1) is 10.2. The third kappa shape index (κ3) is 2.38. The Labute approximate surface area is 91.8 Å². The maximum atomic E-state index is 11.6. The lowest BCUT2D eigenvalue weighted by Gasteiger charge is -2.01. The molecular weight excluding hydrogens is 208 g/mol. The van der Waals surface area contributed by atoms with Crippen LogP contribution < -0.4 is 11.1 Å². The molecule has 0 spiro atoms. The fourth-order valence-corrected chi connectivity index (χ4v) is 1.30. The number of nitrogens with zero attached hydrogens (tertiary/aromatic N) is 4. The third-order valence-electron chi connectivity index (χ3n) is 1.96. The van der Waals surface area contributed by atoms with Gasteiger partial charge in [0.15, 0.2) is 0 Å². The summed E-state index contributed by atoms with van der Waals surface area (Å²) < 4.78 is 3.09. The van der Waals surface area contributed by atoms with Crippen molar-refractivity contribution >= 4 is 17.4 Å². The largest absolute Gasteiger partial charge is 0.382 e. The Morgan fingerprint density at radius 3 is 3.00 bits per heavy atom. The Bertz CT molecular complexity index is 455. The van der Waals surface area contributed by atoms with Crippen LogP contribution in [0.25, 0.3) is 0 Å². The molecule has 0 unspecified atom stereocenters. The van der Waals surface area contributed by atoms with Gasteiger partial charge in [0.25, 0.3) is 0 Å². The zero-order chi connectivity index (χ0) is 11.5. The molecule has 16 heavy (non-hydrogen) atoms. The summed E-state index contributed by atoms with van der Waals surface area (Å²) in [5.74, 6) is 0.227. The number of aryl methyl sites for hydroxylation is 1. The second-order valence-electron chi connectivity index (χ2n) is 3.39. The first-order chi connectivity index (χ1) is 7.63. The highest BCUT2D eigenvalue weighted by molar-refractivity contribution is 5.90. The predicted octanol–water partition coefficient (Wildman–Crippen LogP) is -0.163. The number of carbonyl (C=O) groups excluding carboxylic acids is 1. The Morgan fingerprint density at radius 2 is 2.44 bits per heavy atom. The minimum atomic E-state index is -0.170. The summed E-state index contributed by atoms with van der Waals surface area (Å²) in [5.41, 5.74) is 6.09. The van der Waals surface area contributed by atoms with Gasteiger partial charge in [-0.3, -0.25) is 14.2 Å². The van der Waals surface area contributed by atoms with Crippen molar-refractivity contribution in [3.05, 3.63) is 24.7 Å². The van der Waals surface area contributed by atoms with E-state index in [4.69, 9.17) is 5.73 Å². The van der Waals surface area contributed by atoms with Crippen LogP contribution in [0.2, 0.25) is 0 Å². The standard InChI is InChI=1S/C9H12N6O/c1-14-5-7(4-11-14)12-9(16)6-15-3-2-8(10)13-15/h2-5H,6H2,1H3,(H2,10,13)(H,12,16). The van der Waals surface area contributed by atoms with Gasteiger partial charge >= 0.3 is 0 Å². The van der Waals surface area contributed by atoms with Crippen LogP contribution >= 0.6 is 0 Å². The number of aromatic nitrogens is 4. The van der Waals surface area contributed by atoms with Gasteiger partial charge in [-0.15, -0.1) is 0 Å². The molecule has 7 heteroatoms. The van der Waals surface area contributed by atoms with Crippen molar-refractivity contribution in [1.82, 2.24) is 19.6 Å². The number of carbonyl (C=O) groups is 1. The van der Waals surface area contributed by atoms with Crippen LogP contribution in [0.15, 0.2) is 24.7 Å². The molecule has 0 fully saturated rings. The van der Waals surface area contributed by atoms with Crippen molar-refractivity contribution in [1.29, 1.82) is 0 Å². The molecule has 0 bridgehead atoms. The average Bonchev–Trinajstić information content (AvgIpc) is 2.76. The molecule has 0 aromatic carbocycles. The summed E-state index contributed by atoms with van der Waals surface area (Å²) in [5, 5.41) is 10.5. The lowest BCUT2D eigenvalue weighted by molar-refractivity contribution is -0.116. The van der Waals surface area contributed by atoms with Crippen molar-refractivity contribution in [3.8, 4) is 0 Å². The van der Waals surface area contributed by atoms with Crippen molar-refractivity contribution in [2.24, 2.45) is 7.05 Å². The quantitative estimate of drug-likeness (QED) is 0.751. The van der Waals surface area contributed by atoms with Crippen molar-refractivity contribution in [2.75, 3.05) is 11.1 Å². The number of nitrogens with one attached hydrogen (secondary N) is 1. The summed E-state index contributed by atoms with van der Waals surface area (Å²) in [7, 11) is 1.78. The fourth-order valence-electron chi connectivity index (χ4n) is 1.30. The maximum absolute atomic E-state index is 11.6. The van der Waals surface area contributed by atoms with Gasteiger partial charge in [-0.25, -0.2) is 0 Å². The normalized spacial score (nSPS) is 10.3. The van der Waals surface area contributed by atoms with Crippen molar-refractivity contribution in [2.45, 2.75) is 6.54 Å². The van der Waals surface area contributed by atoms with E-state index in [0.717, 1.165) is 0 Å². The Kier molecular flexibility index (Phi) is 2.59. The minimum absolute atomic E-state index is 0.131. The number of anilines is 2. The van der Waals surface area contributed by atoms with E-state index in [0.29, 0.717) is 11.5 Å². The molecule has 2 rings (SSSR count). The summed E-state index contributed by atoms with van der Waals surface area (Å²) >= 11 is 0. The first-order valence-corrected chi connectivity index (χ1v) is 4.71. The van der Waals surface area contributed by atoms with E-state index in [2.05, 4.69) is 15.5 Å². The smallest absolute Gasteiger partial charge is 0.246 e. The molecule has 0 saturated heterocycles. The minimum Gasteiger partial charge on any atom is -0.382 e. The molecule has 2 aromatic heterocycles. The number of amides is 1. The Hall–Kier alpha value is -2.31. The van der Waals surface area contributed by atoms with E-state index in [1.807, 2.05) is 0 Å². The van der Waals surface area contributed by atoms with Crippen LogP contribution in [0.4, 0.5) is 11.5 Å². The average molecular weight is 220 g/mol. The summed E-state index contributed by atoms with van der Waals surface area (Å²) in [4.78, 5) is 11.6. The molecule has 0 aliphatic carbocycles. The molecule has 0 atom stereocenters. The topological polar surface area (TPSA) is 90.8 Å². The molecule has 3 N–H and O–H groups in total. The van der Waals surface area contributed by atoms with E-state index < -0.39 is 0 Å². The molecule has 0 aliphatic rings. The van der Waals surface area contributed by atoms with Crippen LogP contribution in [-0.2, 0) is 18.4 Å². The van der Waals surface area contributed by atoms with E-state index in [9.17, 15) is 4.79 Å². The van der Waals surface area contributed by atoms with Gasteiger partial charge in [0.1, 0.15) is 12.4 Å². The molecule has 2 aromatic rings. The zero-order valence-corrected chi connectivity index (χ0v) is 8.79. The van der Waals surface area contributed by atoms with E-state index >= 15 is 0 Å². The van der Waals surface area contributed by atoms with E-state index in [1.54, 1.807) is 36.4 Å². The second-order valence-corrected chi connectivity index (χ2v) is 3.39. The van der Waals surface area contributed by atoms with Gasteiger partial charge < -0.3 is 11.1 Å². The maximum Gasteiger partial charge on any atom is 0.246 e. The monoisotopic (exact) mass is 220 g/mol. The molecule has 0 saturated carbocycles. The van der Waals surface area contributed by atoms with Gasteiger partial charge in [-0.1, -0.05) is 0 Å². The summed E-state index contributed by atoms with van der Waals surface area (Å²) in [6.07, 6.45) is 4.95. The van der Waals surface area contributed by atoms with Gasteiger partial charge in [0, 0.05) is 19.4 Å². The molecule has 2 heterocycles. The highest BCUT2D eigenvalue weighted by atomic mass is 16.2. The fraction of sp³-hybridized carbons (Fsp3) is 0.222. The molecule has 7 nitrogen and oxygen atoms in total. The molecular formula is C9H12N6O. The molecule has 0 aliphatic heterocycles. The third-order valence-corrected chi connectivity index (χ3v) is 1.96. The molecule has 84 valence electrons. The number of hydrogen-bond donors (Lipinski definition) is 2. The predicted molar refractivity (Wildman–Crippen MR) is 58.5 cm³/mol. The van der Waals surface area contributed by atoms with Crippen molar-refractivity contribution < 1.29 is 4.79 Å². The van der Waals surface area contributed by atoms with Gasteiger partial charge in [-0.05, 0) is 6.07 Å². The summed E-state index contributed by atoms with van der Waals surface area (Å²) in [6.45, 7) is 0.131. The van der Waals surface area contributed by atoms with Gasteiger partial charge in [0.2, 0.25) is 5.91 Å². The van der Waals surface area contributed by atoms with Crippen LogP contribution in [0.3, 0.4) is 0 Å². The molecule has 1 amide bonds. The van der Waals surface area contributed by atoms with Crippen molar-refractivity contribution in [3.63, 3.8) is 0 Å². The number of nitrogens with two attached hydrogens (primary N) is 1. The van der Waals surface area contributed by atoms with Gasteiger partial charge in [0.05, 0.1) is 11.9 Å². The first-order valence-electron chi connectivity index (χ1n) is 4.71. The highest BCUT2D eigenvalue weighted by Crippen LogP contribution is 2.03. The number of nitrogen functional groups attached to an aromatic ring is 1. The number of hydrogen-bond acceptors (Lipinski definition) is 4. The lowest BCUT2D eigenvalue weighted by atomic mass is 10.5. The zero-order valence-electron chi connectivity index (χ0n) is 8.79. The SMILES string of the molecule is Cn1cc(NC(=O)Cn2ccc(N)n2)cn1. The van der Waals surface area contributed by atoms with E-state index in [-0.39, 0.29) is 12.5 Å². The Morgan fingerprint density at radius 1 is 1.62 bits per heavy atom.